The van der Waals surface area contributed by atoms with Crippen LogP contribution in [0, 0.1) is 5.82 Å². The number of primary amides is 1. The minimum absolute atomic E-state index is 0.00786. The smallest absolute Gasteiger partial charge is 0.254 e. The molecule has 0 fully saturated rings. The average Bonchev–Trinajstić information content (AvgIpc) is 2.20. The van der Waals surface area contributed by atoms with Crippen LogP contribution in [0.2, 0.25) is 0 Å². The van der Waals surface area contributed by atoms with Crippen molar-refractivity contribution in [2.45, 2.75) is 24.3 Å². The van der Waals surface area contributed by atoms with Gasteiger partial charge in [0.05, 0.1) is 5.56 Å². The van der Waals surface area contributed by atoms with E-state index in [1.165, 1.54) is 12.1 Å². The molecule has 1 atom stereocenters. The lowest BCUT2D eigenvalue weighted by Crippen LogP contribution is -2.36. The summed E-state index contributed by atoms with van der Waals surface area (Å²) in [6, 6.07) is 3.49. The third-order valence-corrected chi connectivity index (χ3v) is 2.36. The zero-order valence-electron chi connectivity index (χ0n) is 9.24. The van der Waals surface area contributed by atoms with Gasteiger partial charge in [0.2, 0.25) is 5.91 Å². The number of carbonyl (C=O) groups is 2. The van der Waals surface area contributed by atoms with Crippen LogP contribution in [0.4, 0.5) is 4.39 Å². The van der Waals surface area contributed by atoms with Gasteiger partial charge in [-0.05, 0) is 25.1 Å². The normalized spacial score (nSPS) is 11.9. The van der Waals surface area contributed by atoms with Gasteiger partial charge in [0.1, 0.15) is 5.82 Å². The molecule has 1 aromatic rings. The predicted molar refractivity (Wildman–Crippen MR) is 64.4 cm³/mol. The molecular weight excluding hydrogens is 243 g/mol. The topological polar surface area (TPSA) is 72.2 Å². The average molecular weight is 256 g/mol. The van der Waals surface area contributed by atoms with Crippen molar-refractivity contribution in [2.24, 2.45) is 5.73 Å². The molecule has 0 bridgehead atoms. The van der Waals surface area contributed by atoms with Crippen LogP contribution in [0.15, 0.2) is 23.1 Å². The number of thiol groups is 1. The summed E-state index contributed by atoms with van der Waals surface area (Å²) in [5.41, 5.74) is 4.88. The molecule has 0 spiro atoms. The Kier molecular flexibility index (Phi) is 4.51. The lowest BCUT2D eigenvalue weighted by molar-refractivity contribution is -0.118. The van der Waals surface area contributed by atoms with Gasteiger partial charge in [-0.2, -0.15) is 0 Å². The van der Waals surface area contributed by atoms with Crippen molar-refractivity contribution in [3.05, 3.63) is 29.6 Å². The number of halogens is 1. The number of amides is 2. The molecule has 0 aliphatic heterocycles. The molecule has 0 radical (unpaired) electrons. The highest BCUT2D eigenvalue weighted by molar-refractivity contribution is 7.80. The van der Waals surface area contributed by atoms with Crippen LogP contribution in [0.5, 0.6) is 0 Å². The van der Waals surface area contributed by atoms with Crippen molar-refractivity contribution in [3.63, 3.8) is 0 Å². The fraction of sp³-hybridized carbons (Fsp3) is 0.273. The number of rotatable bonds is 4. The molecule has 92 valence electrons. The maximum absolute atomic E-state index is 13.3. The number of hydrogen-bond acceptors (Lipinski definition) is 3. The summed E-state index contributed by atoms with van der Waals surface area (Å²) in [6.07, 6.45) is 0.00786. The van der Waals surface area contributed by atoms with E-state index >= 15 is 0 Å². The molecule has 0 aromatic heterocycles. The maximum atomic E-state index is 13.3. The van der Waals surface area contributed by atoms with Crippen LogP contribution in [0.25, 0.3) is 0 Å². The standard InChI is InChI=1S/C11H13FN2O2S/c1-6(4-10(13)15)14-11(16)8-5-7(17)2-3-9(8)12/h2-3,5-6,17H,4H2,1H3,(H2,13,15)(H,14,16). The van der Waals surface area contributed by atoms with E-state index in [2.05, 4.69) is 17.9 Å². The van der Waals surface area contributed by atoms with E-state index in [0.717, 1.165) is 6.07 Å². The highest BCUT2D eigenvalue weighted by atomic mass is 32.1. The molecule has 0 saturated heterocycles. The van der Waals surface area contributed by atoms with Crippen LogP contribution >= 0.6 is 12.6 Å². The molecule has 1 aromatic carbocycles. The Hall–Kier alpha value is -1.56. The van der Waals surface area contributed by atoms with E-state index in [1.807, 2.05) is 0 Å². The number of carbonyl (C=O) groups excluding carboxylic acids is 2. The predicted octanol–water partition coefficient (Wildman–Crippen LogP) is 1.11. The summed E-state index contributed by atoms with van der Waals surface area (Å²) in [7, 11) is 0. The van der Waals surface area contributed by atoms with Crippen LogP contribution in [-0.2, 0) is 4.79 Å². The number of benzene rings is 1. The fourth-order valence-electron chi connectivity index (χ4n) is 1.34. The van der Waals surface area contributed by atoms with Gasteiger partial charge in [0.25, 0.3) is 5.91 Å². The zero-order chi connectivity index (χ0) is 13.0. The van der Waals surface area contributed by atoms with E-state index in [0.29, 0.717) is 4.90 Å². The monoisotopic (exact) mass is 256 g/mol. The van der Waals surface area contributed by atoms with Gasteiger partial charge in [0.15, 0.2) is 0 Å². The van der Waals surface area contributed by atoms with Crippen molar-refractivity contribution < 1.29 is 14.0 Å². The maximum Gasteiger partial charge on any atom is 0.254 e. The second-order valence-corrected chi connectivity index (χ2v) is 4.23. The molecule has 2 amide bonds. The van der Waals surface area contributed by atoms with Gasteiger partial charge in [-0.3, -0.25) is 9.59 Å². The SMILES string of the molecule is CC(CC(N)=O)NC(=O)c1cc(S)ccc1F. The van der Waals surface area contributed by atoms with Crippen molar-refractivity contribution in [1.29, 1.82) is 0 Å². The summed E-state index contributed by atoms with van der Waals surface area (Å²) in [5, 5.41) is 2.48. The summed E-state index contributed by atoms with van der Waals surface area (Å²) in [6.45, 7) is 1.62. The van der Waals surface area contributed by atoms with E-state index in [4.69, 9.17) is 5.73 Å². The quantitative estimate of drug-likeness (QED) is 0.706. The van der Waals surface area contributed by atoms with E-state index in [1.54, 1.807) is 6.92 Å². The Morgan fingerprint density at radius 3 is 2.76 bits per heavy atom. The van der Waals surface area contributed by atoms with Gasteiger partial charge >= 0.3 is 0 Å². The third kappa shape index (κ3) is 4.07. The van der Waals surface area contributed by atoms with Crippen LogP contribution in [0.3, 0.4) is 0 Å². The molecular formula is C11H13FN2O2S. The van der Waals surface area contributed by atoms with Crippen molar-refractivity contribution >= 4 is 24.4 Å². The largest absolute Gasteiger partial charge is 0.370 e. The minimum atomic E-state index is -0.633. The molecule has 1 rings (SSSR count). The van der Waals surface area contributed by atoms with Gasteiger partial charge in [-0.15, -0.1) is 12.6 Å². The van der Waals surface area contributed by atoms with Crippen LogP contribution in [-0.4, -0.2) is 17.9 Å². The van der Waals surface area contributed by atoms with Crippen molar-refractivity contribution in [3.8, 4) is 0 Å². The molecule has 3 N–H and O–H groups in total. The lowest BCUT2D eigenvalue weighted by Gasteiger charge is -2.12. The van der Waals surface area contributed by atoms with Gasteiger partial charge in [-0.25, -0.2) is 4.39 Å². The summed E-state index contributed by atoms with van der Waals surface area (Å²) in [4.78, 5) is 22.8. The van der Waals surface area contributed by atoms with Crippen LogP contribution < -0.4 is 11.1 Å². The molecule has 0 saturated carbocycles. The summed E-state index contributed by atoms with van der Waals surface area (Å²) in [5.74, 6) is -1.75. The van der Waals surface area contributed by atoms with Crippen molar-refractivity contribution in [1.82, 2.24) is 5.32 Å². The fourth-order valence-corrected chi connectivity index (χ4v) is 1.55. The Balaban J connectivity index is 2.76. The molecule has 0 aliphatic carbocycles. The van der Waals surface area contributed by atoms with Gasteiger partial charge < -0.3 is 11.1 Å². The second-order valence-electron chi connectivity index (χ2n) is 3.71. The Labute approximate surface area is 104 Å². The van der Waals surface area contributed by atoms with E-state index < -0.39 is 23.7 Å². The first-order chi connectivity index (χ1) is 7.90. The summed E-state index contributed by atoms with van der Waals surface area (Å²) >= 11 is 4.02. The highest BCUT2D eigenvalue weighted by Gasteiger charge is 2.15. The third-order valence-electron chi connectivity index (χ3n) is 2.08. The molecule has 0 heterocycles. The number of nitrogens with two attached hydrogens (primary N) is 1. The van der Waals surface area contributed by atoms with Gasteiger partial charge in [-0.1, -0.05) is 0 Å². The molecule has 6 heteroatoms. The first kappa shape index (κ1) is 13.5. The molecule has 17 heavy (non-hydrogen) atoms. The summed E-state index contributed by atoms with van der Waals surface area (Å²) < 4.78 is 13.3. The van der Waals surface area contributed by atoms with E-state index in [9.17, 15) is 14.0 Å². The van der Waals surface area contributed by atoms with Crippen LogP contribution in [0.1, 0.15) is 23.7 Å². The Bertz CT molecular complexity index is 451. The molecule has 1 unspecified atom stereocenters. The van der Waals surface area contributed by atoms with Crippen molar-refractivity contribution in [2.75, 3.05) is 0 Å². The number of hydrogen-bond donors (Lipinski definition) is 3. The lowest BCUT2D eigenvalue weighted by atomic mass is 10.1. The second kappa shape index (κ2) is 5.67. The van der Waals surface area contributed by atoms with E-state index in [-0.39, 0.29) is 12.0 Å². The zero-order valence-corrected chi connectivity index (χ0v) is 10.1. The first-order valence-corrected chi connectivity index (χ1v) is 5.42. The molecule has 0 aliphatic rings. The number of nitrogens with one attached hydrogen (secondary N) is 1. The highest BCUT2D eigenvalue weighted by Crippen LogP contribution is 2.13. The molecule has 4 nitrogen and oxygen atoms in total. The first-order valence-electron chi connectivity index (χ1n) is 4.98. The Morgan fingerprint density at radius 2 is 2.18 bits per heavy atom. The minimum Gasteiger partial charge on any atom is -0.370 e. The van der Waals surface area contributed by atoms with Gasteiger partial charge in [0, 0.05) is 17.4 Å². The Morgan fingerprint density at radius 1 is 1.53 bits per heavy atom.